The Kier molecular flexibility index (Phi) is 13.3. The molecule has 0 spiro atoms. The second-order valence-corrected chi connectivity index (χ2v) is 15.3. The highest BCUT2D eigenvalue weighted by Crippen LogP contribution is 2.34. The van der Waals surface area contributed by atoms with E-state index in [2.05, 4.69) is 20.3 Å². The second-order valence-electron chi connectivity index (χ2n) is 11.3. The van der Waals surface area contributed by atoms with Gasteiger partial charge in [0.2, 0.25) is 10.0 Å². The standard InChI is InChI=1S/C23H17Cl2N3O5S.C9H14N5O4P/c1-13-6-18(34(27,31)32)3-4-20(13)28-22(29)12-33-21-5-2-16(24)10-19(21)23(30)15-7-14(11-26)8-17(25)9-15;1-6(18-5-19(15,16)17)2-14-4-13-7-8(10)11-3-12-9(7)14/h2-10H,12H2,1H3,(H,28,29)(H2,27,31,32);3-4,6H,2,5H2,1H3,(H2,10,11,12)(H2,15,16,17)/t;6-/m.1/s1. The third-order valence-corrected chi connectivity index (χ3v) is 8.89. The predicted octanol–water partition coefficient (Wildman–Crippen LogP) is 4.02. The molecule has 0 bridgehead atoms. The molecule has 53 heavy (non-hydrogen) atoms. The van der Waals surface area contributed by atoms with Crippen LogP contribution in [0, 0.1) is 18.3 Å². The summed E-state index contributed by atoms with van der Waals surface area (Å²) in [6.07, 6.45) is 1.85. The number of ether oxygens (including phenoxy) is 2. The zero-order valence-electron chi connectivity index (χ0n) is 27.8. The number of hydrogen-bond donors (Lipinski definition) is 5. The molecule has 2 heterocycles. The quantitative estimate of drug-likeness (QED) is 0.0880. The first-order valence-electron chi connectivity index (χ1n) is 15.0. The minimum absolute atomic E-state index is 0.0795. The number of sulfonamides is 1. The monoisotopic (exact) mass is 804 g/mol. The molecule has 17 nitrogen and oxygen atoms in total. The van der Waals surface area contributed by atoms with Crippen molar-refractivity contribution in [3.8, 4) is 11.8 Å². The van der Waals surface area contributed by atoms with E-state index >= 15 is 0 Å². The van der Waals surface area contributed by atoms with Crippen molar-refractivity contribution in [2.75, 3.05) is 24.0 Å². The van der Waals surface area contributed by atoms with Crippen LogP contribution in [0.3, 0.4) is 0 Å². The van der Waals surface area contributed by atoms with Crippen LogP contribution in [0.4, 0.5) is 11.5 Å². The number of nitrogen functional groups attached to an aromatic ring is 1. The third-order valence-electron chi connectivity index (χ3n) is 7.05. The number of benzene rings is 3. The van der Waals surface area contributed by atoms with Gasteiger partial charge in [0, 0.05) is 21.3 Å². The SMILES string of the molecule is C[C@H](Cn1cnc2c(N)ncnc21)OCP(=O)(O)O.Cc1cc(S(N)(=O)=O)ccc1NC(=O)COc1ccc(Cl)cc1C(=O)c1cc(Cl)cc(C#N)c1. The van der Waals surface area contributed by atoms with E-state index in [1.807, 2.05) is 6.07 Å². The van der Waals surface area contributed by atoms with Crippen molar-refractivity contribution in [1.29, 1.82) is 5.26 Å². The number of aryl methyl sites for hydroxylation is 1. The lowest BCUT2D eigenvalue weighted by Crippen LogP contribution is -2.21. The van der Waals surface area contributed by atoms with Gasteiger partial charge in [-0.25, -0.2) is 28.5 Å². The van der Waals surface area contributed by atoms with Crippen molar-refractivity contribution in [2.45, 2.75) is 31.4 Å². The van der Waals surface area contributed by atoms with Crippen molar-refractivity contribution in [1.82, 2.24) is 19.5 Å². The first-order chi connectivity index (χ1) is 24.8. The molecular weight excluding hydrogens is 774 g/mol. The topological polar surface area (TPSA) is 276 Å². The normalized spacial score (nSPS) is 12.0. The van der Waals surface area contributed by atoms with Crippen LogP contribution in [-0.4, -0.2) is 68.5 Å². The first-order valence-corrected chi connectivity index (χ1v) is 19.1. The minimum Gasteiger partial charge on any atom is -0.483 e. The number of carbonyl (C=O) groups is 2. The molecule has 0 saturated carbocycles. The number of nitrogens with two attached hydrogens (primary N) is 2. The molecule has 5 aromatic rings. The number of fused-ring (bicyclic) bond motifs is 1. The van der Waals surface area contributed by atoms with Crippen LogP contribution in [0.2, 0.25) is 10.0 Å². The van der Waals surface area contributed by atoms with E-state index in [-0.39, 0.29) is 43.2 Å². The van der Waals surface area contributed by atoms with Gasteiger partial charge in [-0.1, -0.05) is 23.2 Å². The van der Waals surface area contributed by atoms with Crippen LogP contribution in [0.25, 0.3) is 11.2 Å². The Morgan fingerprint density at radius 1 is 1.08 bits per heavy atom. The highest BCUT2D eigenvalue weighted by Gasteiger charge is 2.19. The van der Waals surface area contributed by atoms with E-state index in [0.29, 0.717) is 29.0 Å². The highest BCUT2D eigenvalue weighted by atomic mass is 35.5. The Bertz CT molecular complexity index is 2380. The number of nitrogens with one attached hydrogen (secondary N) is 1. The number of carbonyl (C=O) groups excluding carboxylic acids is 2. The third kappa shape index (κ3) is 11.5. The number of nitrogens with zero attached hydrogens (tertiary/aromatic N) is 5. The molecule has 278 valence electrons. The van der Waals surface area contributed by atoms with Crippen molar-refractivity contribution in [2.24, 2.45) is 5.14 Å². The van der Waals surface area contributed by atoms with Gasteiger partial charge in [0.1, 0.15) is 23.9 Å². The molecule has 5 rings (SSSR count). The zero-order chi connectivity index (χ0) is 39.1. The van der Waals surface area contributed by atoms with Gasteiger partial charge >= 0.3 is 7.60 Å². The van der Waals surface area contributed by atoms with Crippen molar-refractivity contribution < 1.29 is 41.8 Å². The Hall–Kier alpha value is -4.96. The molecule has 3 aromatic carbocycles. The van der Waals surface area contributed by atoms with Crippen LogP contribution >= 0.6 is 30.8 Å². The maximum Gasteiger partial charge on any atom is 0.350 e. The summed E-state index contributed by atoms with van der Waals surface area (Å²) in [7, 11) is -8.03. The summed E-state index contributed by atoms with van der Waals surface area (Å²) in [4.78, 5) is 54.8. The first kappa shape index (κ1) is 40.8. The molecule has 1 amide bonds. The van der Waals surface area contributed by atoms with Gasteiger partial charge in [-0.2, -0.15) is 5.26 Å². The molecule has 1 atom stereocenters. The van der Waals surface area contributed by atoms with Crippen molar-refractivity contribution in [3.05, 3.63) is 99.6 Å². The molecular formula is C32H31Cl2N8O9PS. The number of ketones is 1. The fourth-order valence-corrected chi connectivity index (χ4v) is 6.07. The van der Waals surface area contributed by atoms with E-state index in [9.17, 15) is 22.6 Å². The Morgan fingerprint density at radius 2 is 1.81 bits per heavy atom. The minimum atomic E-state index is -4.16. The predicted molar refractivity (Wildman–Crippen MR) is 195 cm³/mol. The van der Waals surface area contributed by atoms with Crippen LogP contribution < -0.4 is 20.9 Å². The zero-order valence-corrected chi connectivity index (χ0v) is 31.0. The average Bonchev–Trinajstić information content (AvgIpc) is 3.50. The molecule has 2 aromatic heterocycles. The molecule has 21 heteroatoms. The van der Waals surface area contributed by atoms with E-state index in [0.717, 1.165) is 0 Å². The Morgan fingerprint density at radius 3 is 2.47 bits per heavy atom. The Balaban J connectivity index is 0.000000278. The van der Waals surface area contributed by atoms with Gasteiger partial charge in [-0.05, 0) is 74.0 Å². The number of anilines is 2. The Labute approximate surface area is 312 Å². The molecule has 0 unspecified atom stereocenters. The molecule has 0 radical (unpaired) electrons. The van der Waals surface area contributed by atoms with E-state index in [1.165, 1.54) is 67.3 Å². The van der Waals surface area contributed by atoms with E-state index in [1.54, 1.807) is 18.4 Å². The summed E-state index contributed by atoms with van der Waals surface area (Å²) in [6, 6.07) is 14.5. The lowest BCUT2D eigenvalue weighted by atomic mass is 10.0. The molecule has 0 saturated heterocycles. The summed E-state index contributed by atoms with van der Waals surface area (Å²) < 4.78 is 46.0. The van der Waals surface area contributed by atoms with Crippen molar-refractivity contribution in [3.63, 3.8) is 0 Å². The molecule has 0 aliphatic carbocycles. The van der Waals surface area contributed by atoms with Gasteiger partial charge in [0.15, 0.2) is 23.9 Å². The summed E-state index contributed by atoms with van der Waals surface area (Å²) in [6.45, 7) is 3.22. The number of imidazole rings is 1. The average molecular weight is 806 g/mol. The van der Waals surface area contributed by atoms with Crippen LogP contribution in [0.5, 0.6) is 5.75 Å². The largest absolute Gasteiger partial charge is 0.483 e. The van der Waals surface area contributed by atoms with E-state index < -0.39 is 48.4 Å². The van der Waals surface area contributed by atoms with E-state index in [4.69, 9.17) is 58.6 Å². The smallest absolute Gasteiger partial charge is 0.350 e. The van der Waals surface area contributed by atoms with Gasteiger partial charge < -0.3 is 34.9 Å². The maximum atomic E-state index is 13.1. The number of rotatable bonds is 12. The fourth-order valence-electron chi connectivity index (χ4n) is 4.62. The van der Waals surface area contributed by atoms with Gasteiger partial charge in [-0.15, -0.1) is 0 Å². The summed E-state index contributed by atoms with van der Waals surface area (Å²) in [5.74, 6) is -0.655. The molecule has 7 N–H and O–H groups in total. The summed E-state index contributed by atoms with van der Waals surface area (Å²) in [5, 5.41) is 17.3. The van der Waals surface area contributed by atoms with Gasteiger partial charge in [-0.3, -0.25) is 14.2 Å². The fraction of sp³-hybridized carbons (Fsp3) is 0.188. The lowest BCUT2D eigenvalue weighted by Gasteiger charge is -2.14. The van der Waals surface area contributed by atoms with Gasteiger partial charge in [0.25, 0.3) is 5.91 Å². The summed E-state index contributed by atoms with van der Waals surface area (Å²) >= 11 is 12.1. The van der Waals surface area contributed by atoms with Crippen LogP contribution in [0.15, 0.2) is 72.1 Å². The number of aromatic nitrogens is 4. The highest BCUT2D eigenvalue weighted by molar-refractivity contribution is 7.89. The van der Waals surface area contributed by atoms with Gasteiger partial charge in [0.05, 0.1) is 41.1 Å². The van der Waals surface area contributed by atoms with Crippen LogP contribution in [0.1, 0.15) is 34.0 Å². The maximum absolute atomic E-state index is 13.1. The number of hydrogen-bond acceptors (Lipinski definition) is 12. The number of primary sulfonamides is 1. The lowest BCUT2D eigenvalue weighted by molar-refractivity contribution is -0.118. The summed E-state index contributed by atoms with van der Waals surface area (Å²) in [5.41, 5.74) is 8.01. The number of amides is 1. The number of nitriles is 1. The molecule has 0 aliphatic heterocycles. The number of halogens is 2. The molecule has 0 aliphatic rings. The van der Waals surface area contributed by atoms with Crippen molar-refractivity contribution >= 4 is 75.2 Å². The second kappa shape index (κ2) is 17.2. The molecule has 0 fully saturated rings. The van der Waals surface area contributed by atoms with Crippen LogP contribution in [-0.2, 0) is 30.7 Å².